The summed E-state index contributed by atoms with van der Waals surface area (Å²) in [6, 6.07) is 5.41. The lowest BCUT2D eigenvalue weighted by atomic mass is 10.2. The Kier molecular flexibility index (Phi) is 4.53. The molecule has 0 unspecified atom stereocenters. The average molecular weight is 308 g/mol. The number of nitrogens with one attached hydrogen (secondary N) is 1. The Morgan fingerprint density at radius 1 is 1.33 bits per heavy atom. The van der Waals surface area contributed by atoms with E-state index in [1.54, 1.807) is 16.8 Å². The van der Waals surface area contributed by atoms with Gasteiger partial charge in [-0.2, -0.15) is 5.10 Å². The van der Waals surface area contributed by atoms with Crippen LogP contribution in [0.15, 0.2) is 18.2 Å². The summed E-state index contributed by atoms with van der Waals surface area (Å²) in [6.45, 7) is 5.84. The minimum Gasteiger partial charge on any atom is -0.495 e. The molecule has 0 radical (unpaired) electrons. The highest BCUT2D eigenvalue weighted by Gasteiger charge is 2.12. The fraction of sp³-hybridized carbons (Fsp3) is 0.333. The van der Waals surface area contributed by atoms with Gasteiger partial charge in [-0.3, -0.25) is 9.48 Å². The van der Waals surface area contributed by atoms with Crippen LogP contribution in [0.4, 0.5) is 5.69 Å². The van der Waals surface area contributed by atoms with Gasteiger partial charge < -0.3 is 10.1 Å². The molecule has 1 N–H and O–H groups in total. The zero-order chi connectivity index (χ0) is 15.6. The van der Waals surface area contributed by atoms with Crippen LogP contribution < -0.4 is 10.1 Å². The first kappa shape index (κ1) is 15.4. The average Bonchev–Trinajstić information content (AvgIpc) is 2.71. The summed E-state index contributed by atoms with van der Waals surface area (Å²) < 4.78 is 6.91. The Morgan fingerprint density at radius 3 is 2.62 bits per heavy atom. The van der Waals surface area contributed by atoms with E-state index in [4.69, 9.17) is 16.3 Å². The first-order valence-corrected chi connectivity index (χ1v) is 6.93. The van der Waals surface area contributed by atoms with Crippen LogP contribution in [0.5, 0.6) is 5.75 Å². The first-order chi connectivity index (χ1) is 9.90. The molecule has 0 saturated heterocycles. The predicted octanol–water partition coefficient (Wildman–Crippen LogP) is 3.11. The maximum atomic E-state index is 12.1. The van der Waals surface area contributed by atoms with Gasteiger partial charge in [-0.05, 0) is 38.5 Å². The third kappa shape index (κ3) is 3.55. The van der Waals surface area contributed by atoms with Gasteiger partial charge in [0.05, 0.1) is 18.5 Å². The molecule has 0 aliphatic heterocycles. The van der Waals surface area contributed by atoms with Crippen LogP contribution in [0, 0.1) is 20.8 Å². The van der Waals surface area contributed by atoms with Gasteiger partial charge in [0, 0.05) is 16.8 Å². The number of anilines is 1. The zero-order valence-electron chi connectivity index (χ0n) is 12.5. The lowest BCUT2D eigenvalue weighted by Gasteiger charge is -2.12. The van der Waals surface area contributed by atoms with E-state index in [0.29, 0.717) is 16.5 Å². The summed E-state index contributed by atoms with van der Waals surface area (Å²) >= 11 is 6.05. The van der Waals surface area contributed by atoms with E-state index in [0.717, 1.165) is 17.0 Å². The smallest absolute Gasteiger partial charge is 0.246 e. The van der Waals surface area contributed by atoms with Crippen LogP contribution in [-0.4, -0.2) is 22.8 Å². The van der Waals surface area contributed by atoms with E-state index in [9.17, 15) is 4.79 Å². The molecule has 1 aromatic heterocycles. The van der Waals surface area contributed by atoms with Crippen molar-refractivity contribution in [2.75, 3.05) is 12.4 Å². The molecule has 5 nitrogen and oxygen atoms in total. The molecule has 0 atom stereocenters. The highest BCUT2D eigenvalue weighted by molar-refractivity contribution is 6.31. The Morgan fingerprint density at radius 2 is 2.05 bits per heavy atom. The predicted molar refractivity (Wildman–Crippen MR) is 83.1 cm³/mol. The Hall–Kier alpha value is -2.01. The van der Waals surface area contributed by atoms with Gasteiger partial charge in [0.1, 0.15) is 12.3 Å². The molecule has 0 aliphatic rings. The van der Waals surface area contributed by atoms with Gasteiger partial charge in [0.15, 0.2) is 0 Å². The van der Waals surface area contributed by atoms with Crippen LogP contribution in [0.25, 0.3) is 0 Å². The summed E-state index contributed by atoms with van der Waals surface area (Å²) in [5.74, 6) is 0.369. The van der Waals surface area contributed by atoms with Crippen molar-refractivity contribution >= 4 is 23.2 Å². The molecule has 6 heteroatoms. The SMILES string of the molecule is COc1cc(Cl)c(C)cc1NC(=O)Cn1nc(C)cc1C. The third-order valence-electron chi connectivity index (χ3n) is 3.15. The highest BCUT2D eigenvalue weighted by atomic mass is 35.5. The molecular formula is C15H18ClN3O2. The van der Waals surface area contributed by atoms with E-state index < -0.39 is 0 Å². The molecule has 0 bridgehead atoms. The van der Waals surface area contributed by atoms with E-state index >= 15 is 0 Å². The van der Waals surface area contributed by atoms with E-state index in [-0.39, 0.29) is 12.5 Å². The van der Waals surface area contributed by atoms with Crippen molar-refractivity contribution in [3.8, 4) is 5.75 Å². The standard InChI is InChI=1S/C15H18ClN3O2/c1-9-5-13(14(21-4)7-12(9)16)17-15(20)8-19-11(3)6-10(2)18-19/h5-7H,8H2,1-4H3,(H,17,20). The monoisotopic (exact) mass is 307 g/mol. The number of halogens is 1. The number of hydrogen-bond acceptors (Lipinski definition) is 3. The second kappa shape index (κ2) is 6.18. The molecule has 1 amide bonds. The first-order valence-electron chi connectivity index (χ1n) is 6.55. The quantitative estimate of drug-likeness (QED) is 0.944. The van der Waals surface area contributed by atoms with Crippen LogP contribution in [0.3, 0.4) is 0 Å². The molecule has 21 heavy (non-hydrogen) atoms. The second-order valence-electron chi connectivity index (χ2n) is 4.93. The van der Waals surface area contributed by atoms with Gasteiger partial charge in [0.25, 0.3) is 0 Å². The lowest BCUT2D eigenvalue weighted by Crippen LogP contribution is -2.20. The van der Waals surface area contributed by atoms with Crippen molar-refractivity contribution < 1.29 is 9.53 Å². The van der Waals surface area contributed by atoms with E-state index in [1.165, 1.54) is 7.11 Å². The van der Waals surface area contributed by atoms with E-state index in [1.807, 2.05) is 26.8 Å². The topological polar surface area (TPSA) is 56.1 Å². The van der Waals surface area contributed by atoms with Gasteiger partial charge in [0.2, 0.25) is 5.91 Å². The van der Waals surface area contributed by atoms with Crippen molar-refractivity contribution in [1.82, 2.24) is 9.78 Å². The van der Waals surface area contributed by atoms with Crippen molar-refractivity contribution in [2.24, 2.45) is 0 Å². The largest absolute Gasteiger partial charge is 0.495 e. The van der Waals surface area contributed by atoms with Crippen molar-refractivity contribution in [3.05, 3.63) is 40.2 Å². The normalized spacial score (nSPS) is 10.5. The number of benzene rings is 1. The summed E-state index contributed by atoms with van der Waals surface area (Å²) in [6.07, 6.45) is 0. The summed E-state index contributed by atoms with van der Waals surface area (Å²) in [5, 5.41) is 7.70. The molecular weight excluding hydrogens is 290 g/mol. The van der Waals surface area contributed by atoms with Crippen LogP contribution in [0.2, 0.25) is 5.02 Å². The number of hydrogen-bond donors (Lipinski definition) is 1. The fourth-order valence-corrected chi connectivity index (χ4v) is 2.24. The summed E-state index contributed by atoms with van der Waals surface area (Å²) in [7, 11) is 1.54. The molecule has 0 aliphatic carbocycles. The minimum atomic E-state index is -0.166. The Balaban J connectivity index is 2.16. The zero-order valence-corrected chi connectivity index (χ0v) is 13.3. The number of methoxy groups -OCH3 is 1. The van der Waals surface area contributed by atoms with Gasteiger partial charge in [-0.1, -0.05) is 11.6 Å². The van der Waals surface area contributed by atoms with Gasteiger partial charge in [-0.15, -0.1) is 0 Å². The van der Waals surface area contributed by atoms with Gasteiger partial charge in [-0.25, -0.2) is 0 Å². The summed E-state index contributed by atoms with van der Waals surface area (Å²) in [4.78, 5) is 12.1. The molecule has 2 aromatic rings. The number of carbonyl (C=O) groups excluding carboxylic acids is 1. The molecule has 2 rings (SSSR count). The van der Waals surface area contributed by atoms with Crippen LogP contribution in [-0.2, 0) is 11.3 Å². The fourth-order valence-electron chi connectivity index (χ4n) is 2.09. The van der Waals surface area contributed by atoms with E-state index in [2.05, 4.69) is 10.4 Å². The highest BCUT2D eigenvalue weighted by Crippen LogP contribution is 2.30. The van der Waals surface area contributed by atoms with Crippen molar-refractivity contribution in [2.45, 2.75) is 27.3 Å². The van der Waals surface area contributed by atoms with Crippen LogP contribution >= 0.6 is 11.6 Å². The molecule has 0 spiro atoms. The Labute approximate surface area is 128 Å². The number of rotatable bonds is 4. The molecule has 112 valence electrons. The molecule has 0 saturated carbocycles. The van der Waals surface area contributed by atoms with Crippen molar-refractivity contribution in [3.63, 3.8) is 0 Å². The molecule has 1 aromatic carbocycles. The number of carbonyl (C=O) groups is 1. The third-order valence-corrected chi connectivity index (χ3v) is 3.56. The maximum absolute atomic E-state index is 12.1. The number of nitrogens with zero attached hydrogens (tertiary/aromatic N) is 2. The van der Waals surface area contributed by atoms with Crippen LogP contribution in [0.1, 0.15) is 17.0 Å². The second-order valence-corrected chi connectivity index (χ2v) is 5.34. The number of aryl methyl sites for hydroxylation is 3. The number of amides is 1. The number of aromatic nitrogens is 2. The minimum absolute atomic E-state index is 0.157. The van der Waals surface area contributed by atoms with Gasteiger partial charge >= 0.3 is 0 Å². The summed E-state index contributed by atoms with van der Waals surface area (Å²) in [5.41, 5.74) is 3.31. The Bertz CT molecular complexity index is 680. The molecule has 0 fully saturated rings. The van der Waals surface area contributed by atoms with Crippen molar-refractivity contribution in [1.29, 1.82) is 0 Å². The lowest BCUT2D eigenvalue weighted by molar-refractivity contribution is -0.116. The molecule has 1 heterocycles. The maximum Gasteiger partial charge on any atom is 0.246 e. The number of ether oxygens (including phenoxy) is 1.